The molecule has 0 heterocycles. The molecule has 3 atom stereocenters. The second-order valence-electron chi connectivity index (χ2n) is 6.52. The van der Waals surface area contributed by atoms with Crippen molar-refractivity contribution in [3.8, 4) is 0 Å². The molecule has 1 aromatic rings. The third-order valence-corrected chi connectivity index (χ3v) is 4.91. The van der Waals surface area contributed by atoms with Crippen molar-refractivity contribution in [2.75, 3.05) is 5.32 Å². The maximum Gasteiger partial charge on any atom is 0.228 e. The molecule has 1 amide bonds. The van der Waals surface area contributed by atoms with E-state index in [1.165, 1.54) is 12.1 Å². The first-order chi connectivity index (χ1) is 11.3. The number of benzene rings is 1. The van der Waals surface area contributed by atoms with E-state index in [0.29, 0.717) is 17.5 Å². The molecular formula is C20H24FNO. The molecule has 0 aromatic heterocycles. The topological polar surface area (TPSA) is 29.1 Å². The number of fused-ring (bicyclic) bond motifs is 1. The molecular weight excluding hydrogens is 289 g/mol. The fraction of sp³-hybridized carbons (Fsp3) is 0.450. The molecule has 1 saturated carbocycles. The highest BCUT2D eigenvalue weighted by atomic mass is 19.1. The normalized spacial score (nSPS) is 30.2. The van der Waals surface area contributed by atoms with Gasteiger partial charge in [0.15, 0.2) is 0 Å². The predicted octanol–water partition coefficient (Wildman–Crippen LogP) is 5.09. The fourth-order valence-electron chi connectivity index (χ4n) is 3.62. The molecule has 1 N–H and O–H groups in total. The van der Waals surface area contributed by atoms with Crippen LogP contribution in [0.15, 0.2) is 48.6 Å². The van der Waals surface area contributed by atoms with Crippen LogP contribution in [0.3, 0.4) is 0 Å². The zero-order chi connectivity index (χ0) is 16.1. The molecule has 0 spiro atoms. The number of carbonyl (C=O) groups is 1. The molecule has 0 bridgehead atoms. The van der Waals surface area contributed by atoms with Crippen molar-refractivity contribution in [2.24, 2.45) is 17.8 Å². The molecule has 1 unspecified atom stereocenters. The number of hydrogen-bond donors (Lipinski definition) is 1. The van der Waals surface area contributed by atoms with Gasteiger partial charge in [-0.15, -0.1) is 0 Å². The lowest BCUT2D eigenvalue weighted by molar-refractivity contribution is -0.117. The van der Waals surface area contributed by atoms with Crippen LogP contribution in [0, 0.1) is 23.6 Å². The Balaban J connectivity index is 1.60. The minimum atomic E-state index is -0.283. The van der Waals surface area contributed by atoms with Crippen LogP contribution in [-0.4, -0.2) is 5.91 Å². The van der Waals surface area contributed by atoms with Crippen molar-refractivity contribution in [3.05, 3.63) is 54.4 Å². The lowest BCUT2D eigenvalue weighted by atomic mass is 10.1. The van der Waals surface area contributed by atoms with E-state index in [9.17, 15) is 9.18 Å². The van der Waals surface area contributed by atoms with Gasteiger partial charge < -0.3 is 5.32 Å². The van der Waals surface area contributed by atoms with Crippen LogP contribution in [0.4, 0.5) is 10.1 Å². The van der Waals surface area contributed by atoms with Crippen molar-refractivity contribution in [1.29, 1.82) is 0 Å². The molecule has 2 aliphatic carbocycles. The largest absolute Gasteiger partial charge is 0.326 e. The van der Waals surface area contributed by atoms with Gasteiger partial charge in [0.25, 0.3) is 0 Å². The fourth-order valence-corrected chi connectivity index (χ4v) is 3.62. The summed E-state index contributed by atoms with van der Waals surface area (Å²) >= 11 is 0. The summed E-state index contributed by atoms with van der Waals surface area (Å²) in [5.74, 6) is 0.909. The number of nitrogens with one attached hydrogen (secondary N) is 1. The lowest BCUT2D eigenvalue weighted by Gasteiger charge is -2.04. The summed E-state index contributed by atoms with van der Waals surface area (Å²) in [7, 11) is 0. The Bertz CT molecular complexity index is 566. The Morgan fingerprint density at radius 3 is 1.96 bits per heavy atom. The van der Waals surface area contributed by atoms with E-state index in [2.05, 4.69) is 29.6 Å². The molecule has 1 aromatic carbocycles. The number of hydrogen-bond acceptors (Lipinski definition) is 1. The molecule has 3 rings (SSSR count). The molecule has 122 valence electrons. The zero-order valence-electron chi connectivity index (χ0n) is 13.4. The first kappa shape index (κ1) is 16.0. The molecule has 23 heavy (non-hydrogen) atoms. The van der Waals surface area contributed by atoms with Gasteiger partial charge >= 0.3 is 0 Å². The van der Waals surface area contributed by atoms with Crippen LogP contribution >= 0.6 is 0 Å². The summed E-state index contributed by atoms with van der Waals surface area (Å²) < 4.78 is 12.9. The summed E-state index contributed by atoms with van der Waals surface area (Å²) in [5.41, 5.74) is 0.679. The number of carbonyl (C=O) groups excluding carboxylic acids is 1. The van der Waals surface area contributed by atoms with Gasteiger partial charge in [0.2, 0.25) is 5.91 Å². The highest BCUT2D eigenvalue weighted by molar-refractivity contribution is 5.94. The van der Waals surface area contributed by atoms with Crippen molar-refractivity contribution >= 4 is 11.6 Å². The van der Waals surface area contributed by atoms with Crippen molar-refractivity contribution < 1.29 is 9.18 Å². The van der Waals surface area contributed by atoms with Gasteiger partial charge in [-0.1, -0.05) is 24.3 Å². The number of rotatable bonds is 2. The second-order valence-corrected chi connectivity index (χ2v) is 6.52. The number of amides is 1. The number of anilines is 1. The summed E-state index contributed by atoms with van der Waals surface area (Å²) in [6.45, 7) is 0. The summed E-state index contributed by atoms with van der Waals surface area (Å²) in [6.07, 6.45) is 15.5. The Labute approximate surface area is 137 Å². The Morgan fingerprint density at radius 1 is 0.870 bits per heavy atom. The Hall–Kier alpha value is -1.90. The average molecular weight is 313 g/mol. The summed E-state index contributed by atoms with van der Waals surface area (Å²) in [4.78, 5) is 12.5. The SMILES string of the molecule is O=C(Nc1ccc(F)cc1)C1[C@H]2CC/C=C/CC/C=C/CC[C@@H]12. The third-order valence-electron chi connectivity index (χ3n) is 4.91. The quantitative estimate of drug-likeness (QED) is 0.757. The standard InChI is InChI=1S/C20H24FNO/c21-15-11-13-16(14-12-15)22-20(23)19-17-9-7-5-3-1-2-4-6-8-10-18(17)19/h3-6,11-14,17-19H,1-2,7-10H2,(H,22,23)/b5-3+,6-4+/t17-,18+,19?. The first-order valence-corrected chi connectivity index (χ1v) is 8.62. The van der Waals surface area contributed by atoms with E-state index in [0.717, 1.165) is 38.5 Å². The van der Waals surface area contributed by atoms with Crippen LogP contribution in [0.25, 0.3) is 0 Å². The molecule has 3 heteroatoms. The third kappa shape index (κ3) is 4.31. The summed E-state index contributed by atoms with van der Waals surface area (Å²) in [6, 6.07) is 5.99. The maximum absolute atomic E-state index is 12.9. The molecule has 2 nitrogen and oxygen atoms in total. The van der Waals surface area contributed by atoms with Crippen molar-refractivity contribution in [1.82, 2.24) is 0 Å². The van der Waals surface area contributed by atoms with Crippen molar-refractivity contribution in [3.63, 3.8) is 0 Å². The van der Waals surface area contributed by atoms with E-state index in [4.69, 9.17) is 0 Å². The minimum absolute atomic E-state index is 0.0921. The van der Waals surface area contributed by atoms with Gasteiger partial charge in [-0.25, -0.2) is 4.39 Å². The second kappa shape index (κ2) is 7.58. The number of halogens is 1. The van der Waals surface area contributed by atoms with Gasteiger partial charge in [-0.3, -0.25) is 4.79 Å². The lowest BCUT2D eigenvalue weighted by Crippen LogP contribution is -2.15. The smallest absolute Gasteiger partial charge is 0.228 e. The van der Waals surface area contributed by atoms with Gasteiger partial charge in [0.05, 0.1) is 0 Å². The highest BCUT2D eigenvalue weighted by Crippen LogP contribution is 2.52. The highest BCUT2D eigenvalue weighted by Gasteiger charge is 2.52. The van der Waals surface area contributed by atoms with E-state index in [1.54, 1.807) is 12.1 Å². The Kier molecular flexibility index (Phi) is 5.27. The van der Waals surface area contributed by atoms with E-state index >= 15 is 0 Å². The molecule has 0 saturated heterocycles. The van der Waals surface area contributed by atoms with E-state index < -0.39 is 0 Å². The van der Waals surface area contributed by atoms with Crippen LogP contribution < -0.4 is 5.32 Å². The maximum atomic E-state index is 12.9. The van der Waals surface area contributed by atoms with Crippen LogP contribution in [0.5, 0.6) is 0 Å². The van der Waals surface area contributed by atoms with Crippen LogP contribution in [0.1, 0.15) is 38.5 Å². The predicted molar refractivity (Wildman–Crippen MR) is 91.5 cm³/mol. The molecule has 0 aliphatic heterocycles. The van der Waals surface area contributed by atoms with Crippen LogP contribution in [0.2, 0.25) is 0 Å². The van der Waals surface area contributed by atoms with Gasteiger partial charge in [0.1, 0.15) is 5.82 Å². The minimum Gasteiger partial charge on any atom is -0.326 e. The Morgan fingerprint density at radius 2 is 1.39 bits per heavy atom. The molecule has 2 aliphatic rings. The monoisotopic (exact) mass is 313 g/mol. The van der Waals surface area contributed by atoms with Crippen LogP contribution in [-0.2, 0) is 4.79 Å². The van der Waals surface area contributed by atoms with Gasteiger partial charge in [-0.2, -0.15) is 0 Å². The van der Waals surface area contributed by atoms with Gasteiger partial charge in [0, 0.05) is 11.6 Å². The molecule has 1 fully saturated rings. The van der Waals surface area contributed by atoms with Crippen molar-refractivity contribution in [2.45, 2.75) is 38.5 Å². The van der Waals surface area contributed by atoms with Gasteiger partial charge in [-0.05, 0) is 74.6 Å². The average Bonchev–Trinajstić information content (AvgIpc) is 3.22. The van der Waals surface area contributed by atoms with E-state index in [1.807, 2.05) is 0 Å². The first-order valence-electron chi connectivity index (χ1n) is 8.62. The van der Waals surface area contributed by atoms with E-state index in [-0.39, 0.29) is 17.6 Å². The summed E-state index contributed by atoms with van der Waals surface area (Å²) in [5, 5.41) is 2.94. The molecule has 0 radical (unpaired) electrons. The zero-order valence-corrected chi connectivity index (χ0v) is 13.4. The number of allylic oxidation sites excluding steroid dienone is 4.